The Balaban J connectivity index is 1.41. The quantitative estimate of drug-likeness (QED) is 0.364. The molecular weight excluding hydrogens is 454 g/mol. The molecule has 2 bridgehead atoms. The lowest BCUT2D eigenvalue weighted by Crippen LogP contribution is -2.51. The van der Waals surface area contributed by atoms with Gasteiger partial charge in [-0.25, -0.2) is 14.8 Å². The van der Waals surface area contributed by atoms with Crippen LogP contribution in [0.5, 0.6) is 0 Å². The third-order valence-electron chi connectivity index (χ3n) is 6.81. The van der Waals surface area contributed by atoms with E-state index in [0.29, 0.717) is 18.0 Å². The first kappa shape index (κ1) is 23.6. The van der Waals surface area contributed by atoms with Gasteiger partial charge in [-0.15, -0.1) is 11.3 Å². The molecule has 2 N–H and O–H groups in total. The van der Waals surface area contributed by atoms with E-state index in [9.17, 15) is 9.59 Å². The minimum atomic E-state index is -2.17. The van der Waals surface area contributed by atoms with Gasteiger partial charge in [-0.05, 0) is 31.0 Å². The van der Waals surface area contributed by atoms with Crippen LogP contribution < -0.4 is 5.32 Å². The minimum absolute atomic E-state index is 0.0150. The molecule has 0 saturated carbocycles. The lowest BCUT2D eigenvalue weighted by atomic mass is 10.00. The molecule has 2 atom stereocenters. The number of nitrogens with one attached hydrogen (secondary N) is 2. The van der Waals surface area contributed by atoms with E-state index in [4.69, 9.17) is 9.94 Å². The van der Waals surface area contributed by atoms with Crippen LogP contribution >= 0.6 is 11.3 Å². The number of nitrogens with zero attached hydrogens (tertiary/aromatic N) is 3. The largest absolute Gasteiger partial charge is 0.343 e. The predicted octanol–water partition coefficient (Wildman–Crippen LogP) is 4.72. The Morgan fingerprint density at radius 1 is 1.24 bits per heavy atom. The number of urea groups is 1. The van der Waals surface area contributed by atoms with Gasteiger partial charge in [0.15, 0.2) is 5.01 Å². The van der Waals surface area contributed by atoms with Crippen molar-refractivity contribution in [3.05, 3.63) is 40.7 Å². The molecule has 10 heteroatoms. The molecule has 3 heterocycles. The Hall–Kier alpha value is -2.56. The molecule has 0 radical (unpaired) electrons. The molecule has 33 heavy (non-hydrogen) atoms. The van der Waals surface area contributed by atoms with Crippen molar-refractivity contribution in [2.24, 2.45) is 0 Å². The summed E-state index contributed by atoms with van der Waals surface area (Å²) in [5, 5.41) is 14.8. The number of piperidine rings is 1. The van der Waals surface area contributed by atoms with Crippen LogP contribution in [0.4, 0.5) is 4.79 Å². The first-order valence-corrected chi connectivity index (χ1v) is 15.0. The first-order chi connectivity index (χ1) is 15.5. The van der Waals surface area contributed by atoms with Gasteiger partial charge in [0.1, 0.15) is 5.84 Å². The SMILES string of the molecule is CC(C)(C)[Si](C)(C)ON1C(=O)N2C[C@H]1CC[C@H]2C(=N)NC(=O)c1nc(-c2ccccc2)cs1. The number of thiazole rings is 1. The average Bonchev–Trinajstić information content (AvgIpc) is 3.34. The Labute approximate surface area is 199 Å². The maximum atomic E-state index is 13.2. The molecule has 2 fully saturated rings. The molecule has 0 spiro atoms. The molecule has 0 unspecified atom stereocenters. The number of hydroxylamine groups is 2. The normalized spacial score (nSPS) is 20.8. The fourth-order valence-corrected chi connectivity index (χ4v) is 5.53. The highest BCUT2D eigenvalue weighted by atomic mass is 32.1. The number of benzene rings is 1. The van der Waals surface area contributed by atoms with Crippen LogP contribution in [-0.4, -0.2) is 59.7 Å². The summed E-state index contributed by atoms with van der Waals surface area (Å²) in [6.07, 6.45) is 1.34. The number of hydrogen-bond acceptors (Lipinski definition) is 6. The monoisotopic (exact) mass is 485 g/mol. The highest BCUT2D eigenvalue weighted by Crippen LogP contribution is 2.40. The van der Waals surface area contributed by atoms with Gasteiger partial charge < -0.3 is 14.7 Å². The molecule has 2 aromatic rings. The van der Waals surface area contributed by atoms with Crippen molar-refractivity contribution in [2.45, 2.75) is 63.8 Å². The van der Waals surface area contributed by atoms with E-state index in [2.05, 4.69) is 44.2 Å². The van der Waals surface area contributed by atoms with Gasteiger partial charge in [0.2, 0.25) is 8.32 Å². The second kappa shape index (κ2) is 8.66. The summed E-state index contributed by atoms with van der Waals surface area (Å²) in [6, 6.07) is 8.95. The third-order valence-corrected chi connectivity index (χ3v) is 11.9. The van der Waals surface area contributed by atoms with Crippen LogP contribution in [-0.2, 0) is 4.53 Å². The fraction of sp³-hybridized carbons (Fsp3) is 0.478. The lowest BCUT2D eigenvalue weighted by molar-refractivity contribution is -0.0426. The maximum Gasteiger partial charge on any atom is 0.343 e. The number of fused-ring (bicyclic) bond motifs is 2. The summed E-state index contributed by atoms with van der Waals surface area (Å²) in [4.78, 5) is 32.0. The molecule has 1 aromatic heterocycles. The topological polar surface area (TPSA) is 98.6 Å². The standard InChI is InChI=1S/C23H31N5O3SSi/c1-23(2,3)33(4,5)31-28-16-11-12-18(27(13-16)22(28)30)19(24)26-20(29)21-25-17(14-32-21)15-9-7-6-8-10-15/h6-10,14,16,18H,11-13H2,1-5H3,(H2,24,26,29)/t16-,18+/m1/s1. The second-order valence-corrected chi connectivity index (χ2v) is 15.7. The highest BCUT2D eigenvalue weighted by molar-refractivity contribution is 7.12. The zero-order valence-electron chi connectivity index (χ0n) is 19.7. The van der Waals surface area contributed by atoms with Crippen LogP contribution in [0, 0.1) is 5.41 Å². The van der Waals surface area contributed by atoms with Gasteiger partial charge in [-0.1, -0.05) is 51.1 Å². The van der Waals surface area contributed by atoms with E-state index in [-0.39, 0.29) is 22.9 Å². The summed E-state index contributed by atoms with van der Waals surface area (Å²) in [5.74, 6) is -0.396. The summed E-state index contributed by atoms with van der Waals surface area (Å²) < 4.78 is 6.33. The summed E-state index contributed by atoms with van der Waals surface area (Å²) >= 11 is 1.24. The van der Waals surface area contributed by atoms with Gasteiger partial charge in [-0.2, -0.15) is 0 Å². The lowest BCUT2D eigenvalue weighted by Gasteiger charge is -2.39. The first-order valence-electron chi connectivity index (χ1n) is 11.2. The zero-order valence-corrected chi connectivity index (χ0v) is 21.5. The van der Waals surface area contributed by atoms with E-state index in [1.54, 1.807) is 9.96 Å². The van der Waals surface area contributed by atoms with Crippen molar-refractivity contribution in [2.75, 3.05) is 6.54 Å². The van der Waals surface area contributed by atoms with Crippen LogP contribution in [0.25, 0.3) is 11.3 Å². The van der Waals surface area contributed by atoms with Crippen molar-refractivity contribution in [1.82, 2.24) is 20.3 Å². The summed E-state index contributed by atoms with van der Waals surface area (Å²) in [7, 11) is -2.17. The van der Waals surface area contributed by atoms with Gasteiger partial charge in [0.25, 0.3) is 5.91 Å². The summed E-state index contributed by atoms with van der Waals surface area (Å²) in [6.45, 7) is 11.2. The molecule has 8 nitrogen and oxygen atoms in total. The summed E-state index contributed by atoms with van der Waals surface area (Å²) in [5.41, 5.74) is 1.66. The number of carbonyl (C=O) groups excluding carboxylic acids is 2. The van der Waals surface area contributed by atoms with E-state index in [1.807, 2.05) is 35.7 Å². The molecule has 4 rings (SSSR count). The second-order valence-electron chi connectivity index (χ2n) is 10.1. The van der Waals surface area contributed by atoms with Gasteiger partial charge >= 0.3 is 6.03 Å². The van der Waals surface area contributed by atoms with Crippen molar-refractivity contribution in [1.29, 1.82) is 5.41 Å². The number of aromatic nitrogens is 1. The number of carbonyl (C=O) groups is 2. The Bertz CT molecular complexity index is 1070. The minimum Gasteiger partial charge on any atom is -0.315 e. The van der Waals surface area contributed by atoms with E-state index < -0.39 is 20.3 Å². The van der Waals surface area contributed by atoms with Crippen molar-refractivity contribution in [3.63, 3.8) is 0 Å². The Morgan fingerprint density at radius 3 is 2.61 bits per heavy atom. The Kier molecular flexibility index (Phi) is 6.19. The van der Waals surface area contributed by atoms with Gasteiger partial charge in [-0.3, -0.25) is 10.2 Å². The molecule has 2 aliphatic rings. The van der Waals surface area contributed by atoms with E-state index >= 15 is 0 Å². The number of hydrogen-bond donors (Lipinski definition) is 2. The molecule has 0 aliphatic carbocycles. The maximum absolute atomic E-state index is 13.2. The van der Waals surface area contributed by atoms with E-state index in [0.717, 1.165) is 17.7 Å². The average molecular weight is 486 g/mol. The predicted molar refractivity (Wildman–Crippen MR) is 132 cm³/mol. The molecule has 3 amide bonds. The van der Waals surface area contributed by atoms with Gasteiger partial charge in [0, 0.05) is 17.5 Å². The molecule has 2 aliphatic heterocycles. The fourth-order valence-electron chi connectivity index (χ4n) is 3.81. The van der Waals surface area contributed by atoms with Crippen LogP contribution in [0.1, 0.15) is 43.4 Å². The molecule has 176 valence electrons. The van der Waals surface area contributed by atoms with Crippen molar-refractivity contribution in [3.8, 4) is 11.3 Å². The van der Waals surface area contributed by atoms with Crippen molar-refractivity contribution >= 4 is 37.4 Å². The van der Waals surface area contributed by atoms with Gasteiger partial charge in [0.05, 0.1) is 17.8 Å². The van der Waals surface area contributed by atoms with Crippen molar-refractivity contribution < 1.29 is 14.1 Å². The zero-order chi connectivity index (χ0) is 24.0. The van der Waals surface area contributed by atoms with Crippen LogP contribution in [0.2, 0.25) is 18.1 Å². The Morgan fingerprint density at radius 2 is 1.94 bits per heavy atom. The van der Waals surface area contributed by atoms with Crippen LogP contribution in [0.15, 0.2) is 35.7 Å². The van der Waals surface area contributed by atoms with E-state index in [1.165, 1.54) is 11.3 Å². The van der Waals surface area contributed by atoms with Crippen LogP contribution in [0.3, 0.4) is 0 Å². The molecule has 2 saturated heterocycles. The third kappa shape index (κ3) is 4.60. The smallest absolute Gasteiger partial charge is 0.315 e. The molecule has 1 aromatic carbocycles. The highest BCUT2D eigenvalue weighted by Gasteiger charge is 2.50. The number of rotatable bonds is 5. The number of amides is 3. The number of amidine groups is 1. The molecular formula is C23H31N5O3SSi.